The zero-order valence-corrected chi connectivity index (χ0v) is 55.2. The molecule has 0 N–H and O–H groups in total. The lowest BCUT2D eigenvalue weighted by atomic mass is 10.0. The third kappa shape index (κ3) is 69.3. The fraction of sp³-hybridized carbons (Fsp3) is 0.779. The van der Waals surface area contributed by atoms with Crippen molar-refractivity contribution in [3.8, 4) is 0 Å². The van der Waals surface area contributed by atoms with Crippen LogP contribution in [-0.2, 0) is 28.6 Å². The third-order valence-electron chi connectivity index (χ3n) is 15.8. The van der Waals surface area contributed by atoms with E-state index in [0.717, 1.165) is 109 Å². The van der Waals surface area contributed by atoms with Crippen molar-refractivity contribution < 1.29 is 28.6 Å². The van der Waals surface area contributed by atoms with E-state index in [4.69, 9.17) is 14.2 Å². The largest absolute Gasteiger partial charge is 0.462 e. The van der Waals surface area contributed by atoms with Crippen molar-refractivity contribution in [2.24, 2.45) is 0 Å². The number of carbonyl (C=O) groups excluding carboxylic acids is 3. The summed E-state index contributed by atoms with van der Waals surface area (Å²) in [5, 5.41) is 0. The Morgan fingerprint density at radius 2 is 0.494 bits per heavy atom. The normalized spacial score (nSPS) is 12.6. The Labute approximate surface area is 515 Å². The van der Waals surface area contributed by atoms with Gasteiger partial charge >= 0.3 is 17.9 Å². The van der Waals surface area contributed by atoms with E-state index in [0.29, 0.717) is 19.3 Å². The molecule has 480 valence electrons. The highest BCUT2D eigenvalue weighted by atomic mass is 16.6. The van der Waals surface area contributed by atoms with Gasteiger partial charge in [0.1, 0.15) is 13.2 Å². The van der Waals surface area contributed by atoms with Crippen molar-refractivity contribution in [3.63, 3.8) is 0 Å². The summed E-state index contributed by atoms with van der Waals surface area (Å²) in [6, 6.07) is 0. The summed E-state index contributed by atoms with van der Waals surface area (Å²) in [6.45, 7) is 6.50. The maximum absolute atomic E-state index is 13.0. The van der Waals surface area contributed by atoms with E-state index < -0.39 is 6.10 Å². The number of hydrogen-bond acceptors (Lipinski definition) is 6. The zero-order valence-electron chi connectivity index (χ0n) is 55.2. The summed E-state index contributed by atoms with van der Waals surface area (Å²) in [5.74, 6) is -0.874. The van der Waals surface area contributed by atoms with Crippen molar-refractivity contribution >= 4 is 17.9 Å². The van der Waals surface area contributed by atoms with Gasteiger partial charge in [0.15, 0.2) is 6.10 Å². The molecule has 0 heterocycles. The van der Waals surface area contributed by atoms with E-state index >= 15 is 0 Å². The summed E-state index contributed by atoms with van der Waals surface area (Å²) in [4.78, 5) is 38.5. The number of carbonyl (C=O) groups is 3. The smallest absolute Gasteiger partial charge is 0.306 e. The van der Waals surface area contributed by atoms with Crippen LogP contribution >= 0.6 is 0 Å². The van der Waals surface area contributed by atoms with Crippen LogP contribution in [-0.4, -0.2) is 37.2 Å². The molecule has 0 aromatic heterocycles. The van der Waals surface area contributed by atoms with Gasteiger partial charge in [-0.25, -0.2) is 0 Å². The van der Waals surface area contributed by atoms with Gasteiger partial charge in [-0.15, -0.1) is 0 Å². The SMILES string of the molecule is CC/C=C\C/C=C\C/C=C\C/C=C\CCCCCCCCCCCCCCCCC(=O)OCC(COC(=O)CCCCCCC/C=C\C/C=C\CCC)OC(=O)CCCCCCCCCCCCCCC/C=C\CCCCCCCCCC. The molecule has 1 unspecified atom stereocenters. The van der Waals surface area contributed by atoms with Gasteiger partial charge in [-0.05, 0) is 109 Å². The molecule has 6 nitrogen and oxygen atoms in total. The molecule has 0 aliphatic heterocycles. The second kappa shape index (κ2) is 71.1. The fourth-order valence-electron chi connectivity index (χ4n) is 10.5. The summed E-state index contributed by atoms with van der Waals surface area (Å²) < 4.78 is 17.0. The van der Waals surface area contributed by atoms with Gasteiger partial charge in [0, 0.05) is 19.3 Å². The molecule has 0 aliphatic carbocycles. The molecule has 0 fully saturated rings. The second-order valence-electron chi connectivity index (χ2n) is 24.1. The van der Waals surface area contributed by atoms with Crippen LogP contribution in [0.5, 0.6) is 0 Å². The number of hydrogen-bond donors (Lipinski definition) is 0. The minimum atomic E-state index is -0.783. The Morgan fingerprint density at radius 1 is 0.253 bits per heavy atom. The van der Waals surface area contributed by atoms with Crippen molar-refractivity contribution in [1.29, 1.82) is 0 Å². The molecular formula is C77H136O6. The number of ether oxygens (including phenoxy) is 3. The standard InChI is InChI=1S/C77H136O6/c1-4-7-10-13-16-19-22-25-27-29-31-33-35-37-38-40-41-43-45-47-49-52-55-58-61-64-67-70-76(79)82-73-74(72-81-75(78)69-66-63-60-57-54-51-24-21-18-15-12-9-6-3)83-77(80)71-68-65-62-59-56-53-50-48-46-44-42-39-36-34-32-30-28-26-23-20-17-14-11-8-5-2/h7,10,12,15-16,19,21,24-25,27,30-33,74H,4-6,8-9,11,13-14,17-18,20,22-23,26,28-29,34-73H2,1-3H3/b10-7-,15-12-,19-16-,24-21-,27-25-,32-30-,33-31-. The topological polar surface area (TPSA) is 78.9 Å². The lowest BCUT2D eigenvalue weighted by Gasteiger charge is -2.18. The molecule has 0 rings (SSSR count). The van der Waals surface area contributed by atoms with Crippen LogP contribution in [0.3, 0.4) is 0 Å². The summed E-state index contributed by atoms with van der Waals surface area (Å²) in [5.41, 5.74) is 0. The van der Waals surface area contributed by atoms with Crippen LogP contribution in [0.1, 0.15) is 367 Å². The van der Waals surface area contributed by atoms with Gasteiger partial charge in [-0.3, -0.25) is 14.4 Å². The van der Waals surface area contributed by atoms with Crippen LogP contribution in [0.4, 0.5) is 0 Å². The maximum atomic E-state index is 13.0. The van der Waals surface area contributed by atoms with Crippen molar-refractivity contribution in [2.45, 2.75) is 374 Å². The average Bonchev–Trinajstić information content (AvgIpc) is 3.49. The molecule has 0 radical (unpaired) electrons. The Kier molecular flexibility index (Phi) is 68.2. The molecule has 0 amide bonds. The maximum Gasteiger partial charge on any atom is 0.306 e. The molecule has 0 spiro atoms. The van der Waals surface area contributed by atoms with Crippen molar-refractivity contribution in [2.75, 3.05) is 13.2 Å². The van der Waals surface area contributed by atoms with E-state index in [2.05, 4.69) is 106 Å². The quantitative estimate of drug-likeness (QED) is 0.0261. The van der Waals surface area contributed by atoms with Gasteiger partial charge in [0.2, 0.25) is 0 Å². The third-order valence-corrected chi connectivity index (χ3v) is 15.8. The predicted molar refractivity (Wildman–Crippen MR) is 362 cm³/mol. The molecule has 83 heavy (non-hydrogen) atoms. The van der Waals surface area contributed by atoms with Gasteiger partial charge in [0.05, 0.1) is 0 Å². The molecule has 1 atom stereocenters. The zero-order chi connectivity index (χ0) is 59.9. The molecular weight excluding hydrogens is 1020 g/mol. The van der Waals surface area contributed by atoms with Gasteiger partial charge in [-0.2, -0.15) is 0 Å². The van der Waals surface area contributed by atoms with E-state index in [1.165, 1.54) is 218 Å². The van der Waals surface area contributed by atoms with E-state index in [-0.39, 0.29) is 31.1 Å². The van der Waals surface area contributed by atoms with Crippen LogP contribution in [0.2, 0.25) is 0 Å². The monoisotopic (exact) mass is 1160 g/mol. The predicted octanol–water partition coefficient (Wildman–Crippen LogP) is 25.0. The highest BCUT2D eigenvalue weighted by Crippen LogP contribution is 2.18. The molecule has 6 heteroatoms. The number of allylic oxidation sites excluding steroid dienone is 14. The Morgan fingerprint density at radius 3 is 0.795 bits per heavy atom. The summed E-state index contributed by atoms with van der Waals surface area (Å²) in [6.07, 6.45) is 94.8. The first-order valence-corrected chi connectivity index (χ1v) is 36.1. The van der Waals surface area contributed by atoms with Crippen molar-refractivity contribution in [1.82, 2.24) is 0 Å². The summed E-state index contributed by atoms with van der Waals surface area (Å²) >= 11 is 0. The minimum absolute atomic E-state index is 0.0783. The van der Waals surface area contributed by atoms with E-state index in [1.54, 1.807) is 0 Å². The fourth-order valence-corrected chi connectivity index (χ4v) is 10.5. The first-order valence-electron chi connectivity index (χ1n) is 36.1. The highest BCUT2D eigenvalue weighted by molar-refractivity contribution is 5.71. The number of unbranched alkanes of at least 4 members (excludes halogenated alkanes) is 41. The lowest BCUT2D eigenvalue weighted by Crippen LogP contribution is -2.30. The number of esters is 3. The van der Waals surface area contributed by atoms with Crippen LogP contribution in [0, 0.1) is 0 Å². The summed E-state index contributed by atoms with van der Waals surface area (Å²) in [7, 11) is 0. The average molecular weight is 1160 g/mol. The van der Waals surface area contributed by atoms with Crippen LogP contribution < -0.4 is 0 Å². The molecule has 0 aromatic rings. The Balaban J connectivity index is 4.24. The van der Waals surface area contributed by atoms with Gasteiger partial charge in [0.25, 0.3) is 0 Å². The van der Waals surface area contributed by atoms with E-state index in [1.807, 2.05) is 0 Å². The molecule has 0 aliphatic rings. The first-order chi connectivity index (χ1) is 41.0. The number of rotatable bonds is 66. The highest BCUT2D eigenvalue weighted by Gasteiger charge is 2.19. The van der Waals surface area contributed by atoms with Gasteiger partial charge in [-0.1, -0.05) is 324 Å². The lowest BCUT2D eigenvalue weighted by molar-refractivity contribution is -0.167. The van der Waals surface area contributed by atoms with Crippen LogP contribution in [0.15, 0.2) is 85.1 Å². The minimum Gasteiger partial charge on any atom is -0.462 e. The second-order valence-corrected chi connectivity index (χ2v) is 24.1. The Bertz CT molecular complexity index is 1570. The van der Waals surface area contributed by atoms with E-state index in [9.17, 15) is 14.4 Å². The van der Waals surface area contributed by atoms with Gasteiger partial charge < -0.3 is 14.2 Å². The molecule has 0 bridgehead atoms. The molecule has 0 aromatic carbocycles. The van der Waals surface area contributed by atoms with Crippen LogP contribution in [0.25, 0.3) is 0 Å². The Hall–Kier alpha value is -3.41. The molecule has 0 saturated heterocycles. The van der Waals surface area contributed by atoms with Crippen molar-refractivity contribution in [3.05, 3.63) is 85.1 Å². The molecule has 0 saturated carbocycles. The first kappa shape index (κ1) is 79.6.